The lowest BCUT2D eigenvalue weighted by Crippen LogP contribution is -2.38. The molecule has 0 spiro atoms. The van der Waals surface area contributed by atoms with Gasteiger partial charge in [-0.3, -0.25) is 4.79 Å². The third-order valence-electron chi connectivity index (χ3n) is 3.05. The summed E-state index contributed by atoms with van der Waals surface area (Å²) in [6, 6.07) is 2.14. The molecular formula is C13H15F2NO4S. The molecule has 1 aromatic carbocycles. The zero-order valence-electron chi connectivity index (χ0n) is 11.1. The van der Waals surface area contributed by atoms with Gasteiger partial charge in [-0.25, -0.2) is 21.9 Å². The average Bonchev–Trinajstić information content (AvgIpc) is 2.37. The zero-order chi connectivity index (χ0) is 15.5. The van der Waals surface area contributed by atoms with Crippen LogP contribution in [0.4, 0.5) is 8.78 Å². The van der Waals surface area contributed by atoms with E-state index in [1.54, 1.807) is 4.72 Å². The second-order valence-electron chi connectivity index (χ2n) is 4.86. The molecule has 0 bridgehead atoms. The van der Waals surface area contributed by atoms with Crippen LogP contribution in [0.25, 0.3) is 0 Å². The van der Waals surface area contributed by atoms with Gasteiger partial charge in [-0.1, -0.05) is 0 Å². The van der Waals surface area contributed by atoms with Crippen molar-refractivity contribution in [1.29, 1.82) is 0 Å². The summed E-state index contributed by atoms with van der Waals surface area (Å²) in [6.45, 7) is 0.489. The summed E-state index contributed by atoms with van der Waals surface area (Å²) in [6.07, 6.45) is 1.88. The Bertz CT molecular complexity index is 607. The van der Waals surface area contributed by atoms with Gasteiger partial charge < -0.3 is 4.74 Å². The minimum atomic E-state index is -3.92. The summed E-state index contributed by atoms with van der Waals surface area (Å²) in [7, 11) is -3.92. The number of hydrogen-bond acceptors (Lipinski definition) is 4. The molecule has 1 amide bonds. The number of rotatable bonds is 4. The van der Waals surface area contributed by atoms with Gasteiger partial charge in [0.2, 0.25) is 10.0 Å². The van der Waals surface area contributed by atoms with Crippen LogP contribution < -0.4 is 4.72 Å². The van der Waals surface area contributed by atoms with Crippen molar-refractivity contribution in [3.8, 4) is 0 Å². The summed E-state index contributed by atoms with van der Waals surface area (Å²) >= 11 is 0. The highest BCUT2D eigenvalue weighted by atomic mass is 32.2. The van der Waals surface area contributed by atoms with Crippen LogP contribution in [0.15, 0.2) is 18.2 Å². The maximum absolute atomic E-state index is 13.0. The molecule has 0 aromatic heterocycles. The zero-order valence-corrected chi connectivity index (χ0v) is 12.0. The van der Waals surface area contributed by atoms with Gasteiger partial charge in [0.25, 0.3) is 5.91 Å². The number of sulfonamides is 1. The van der Waals surface area contributed by atoms with Crippen LogP contribution in [0.5, 0.6) is 0 Å². The van der Waals surface area contributed by atoms with Gasteiger partial charge in [-0.05, 0) is 31.4 Å². The van der Waals surface area contributed by atoms with Crippen LogP contribution in [0, 0.1) is 11.6 Å². The second-order valence-corrected chi connectivity index (χ2v) is 6.63. The van der Waals surface area contributed by atoms with E-state index in [0.717, 1.165) is 25.0 Å². The van der Waals surface area contributed by atoms with E-state index in [2.05, 4.69) is 0 Å². The minimum absolute atomic E-state index is 0.351. The molecule has 1 atom stereocenters. The van der Waals surface area contributed by atoms with Crippen molar-refractivity contribution in [3.05, 3.63) is 35.4 Å². The van der Waals surface area contributed by atoms with Crippen LogP contribution in [0.2, 0.25) is 0 Å². The lowest BCUT2D eigenvalue weighted by atomic mass is 10.1. The fourth-order valence-corrected chi connectivity index (χ4v) is 3.35. The summed E-state index contributed by atoms with van der Waals surface area (Å²) in [4.78, 5) is 11.7. The summed E-state index contributed by atoms with van der Waals surface area (Å²) < 4.78 is 56.8. The third kappa shape index (κ3) is 4.75. The van der Waals surface area contributed by atoms with Crippen LogP contribution in [0.1, 0.15) is 29.6 Å². The van der Waals surface area contributed by atoms with Crippen molar-refractivity contribution in [2.75, 3.05) is 12.4 Å². The molecule has 0 aliphatic carbocycles. The Hall–Kier alpha value is -1.54. The number of carbonyl (C=O) groups is 1. The molecule has 1 aliphatic heterocycles. The van der Waals surface area contributed by atoms with Crippen molar-refractivity contribution in [3.63, 3.8) is 0 Å². The van der Waals surface area contributed by atoms with Gasteiger partial charge in [0, 0.05) is 18.2 Å². The molecule has 1 aliphatic rings. The van der Waals surface area contributed by atoms with Gasteiger partial charge in [0.1, 0.15) is 11.6 Å². The Balaban J connectivity index is 2.03. The smallest absolute Gasteiger partial charge is 0.264 e. The van der Waals surface area contributed by atoms with Gasteiger partial charge in [0.05, 0.1) is 11.9 Å². The number of amides is 1. The summed E-state index contributed by atoms with van der Waals surface area (Å²) in [5, 5.41) is 0. The Morgan fingerprint density at radius 2 is 1.90 bits per heavy atom. The van der Waals surface area contributed by atoms with Gasteiger partial charge >= 0.3 is 0 Å². The molecule has 2 rings (SSSR count). The molecule has 21 heavy (non-hydrogen) atoms. The van der Waals surface area contributed by atoms with Gasteiger partial charge in [-0.2, -0.15) is 0 Å². The number of ether oxygens (including phenoxy) is 1. The van der Waals surface area contributed by atoms with E-state index in [1.807, 2.05) is 0 Å². The van der Waals surface area contributed by atoms with E-state index in [4.69, 9.17) is 4.74 Å². The topological polar surface area (TPSA) is 72.5 Å². The maximum atomic E-state index is 13.0. The average molecular weight is 319 g/mol. The van der Waals surface area contributed by atoms with E-state index < -0.39 is 33.7 Å². The molecule has 5 nitrogen and oxygen atoms in total. The largest absolute Gasteiger partial charge is 0.377 e. The molecule has 116 valence electrons. The highest BCUT2D eigenvalue weighted by Crippen LogP contribution is 2.14. The van der Waals surface area contributed by atoms with E-state index in [-0.39, 0.29) is 11.3 Å². The van der Waals surface area contributed by atoms with Crippen molar-refractivity contribution in [2.24, 2.45) is 0 Å². The molecule has 1 unspecified atom stereocenters. The first-order chi connectivity index (χ1) is 9.85. The number of carbonyl (C=O) groups excluding carboxylic acids is 1. The summed E-state index contributed by atoms with van der Waals surface area (Å²) in [5.41, 5.74) is -0.388. The molecule has 1 N–H and O–H groups in total. The fraction of sp³-hybridized carbons (Fsp3) is 0.462. The van der Waals surface area contributed by atoms with Crippen LogP contribution in [0.3, 0.4) is 0 Å². The number of hydrogen-bond donors (Lipinski definition) is 1. The molecule has 1 heterocycles. The summed E-state index contributed by atoms with van der Waals surface area (Å²) in [5.74, 6) is -3.32. The van der Waals surface area contributed by atoms with E-state index >= 15 is 0 Å². The Kier molecular flexibility index (Phi) is 4.89. The number of benzene rings is 1. The predicted octanol–water partition coefficient (Wildman–Crippen LogP) is 1.59. The standard InChI is InChI=1S/C13H15F2NO4S/c14-10-5-9(6-11(15)7-10)13(17)16-21(18,19)8-12-3-1-2-4-20-12/h5-7,12H,1-4,8H2,(H,16,17). The van der Waals surface area contributed by atoms with Crippen LogP contribution in [-0.2, 0) is 14.8 Å². The lowest BCUT2D eigenvalue weighted by molar-refractivity contribution is 0.0304. The van der Waals surface area contributed by atoms with Gasteiger partial charge in [-0.15, -0.1) is 0 Å². The molecule has 1 saturated heterocycles. The third-order valence-corrected chi connectivity index (χ3v) is 4.36. The fourth-order valence-electron chi connectivity index (χ4n) is 2.11. The molecular weight excluding hydrogens is 304 g/mol. The van der Waals surface area contributed by atoms with Crippen molar-refractivity contribution < 1.29 is 26.7 Å². The van der Waals surface area contributed by atoms with E-state index in [0.29, 0.717) is 19.1 Å². The van der Waals surface area contributed by atoms with Gasteiger partial charge in [0.15, 0.2) is 0 Å². The molecule has 1 fully saturated rings. The number of halogens is 2. The van der Waals surface area contributed by atoms with E-state index in [1.165, 1.54) is 0 Å². The minimum Gasteiger partial charge on any atom is -0.377 e. The SMILES string of the molecule is O=C(NS(=O)(=O)CC1CCCCO1)c1cc(F)cc(F)c1. The monoisotopic (exact) mass is 319 g/mol. The van der Waals surface area contributed by atoms with Crippen molar-refractivity contribution >= 4 is 15.9 Å². The predicted molar refractivity (Wildman–Crippen MR) is 71.2 cm³/mol. The lowest BCUT2D eigenvalue weighted by Gasteiger charge is -2.22. The molecule has 0 saturated carbocycles. The number of nitrogens with one attached hydrogen (secondary N) is 1. The highest BCUT2D eigenvalue weighted by molar-refractivity contribution is 7.90. The first-order valence-electron chi connectivity index (χ1n) is 6.48. The maximum Gasteiger partial charge on any atom is 0.264 e. The van der Waals surface area contributed by atoms with Crippen molar-refractivity contribution in [2.45, 2.75) is 25.4 Å². The Morgan fingerprint density at radius 3 is 2.48 bits per heavy atom. The van der Waals surface area contributed by atoms with Crippen LogP contribution >= 0.6 is 0 Å². The normalized spacial score (nSPS) is 19.2. The first-order valence-corrected chi connectivity index (χ1v) is 8.13. The molecule has 0 radical (unpaired) electrons. The van der Waals surface area contributed by atoms with Crippen LogP contribution in [-0.4, -0.2) is 32.8 Å². The molecule has 1 aromatic rings. The quantitative estimate of drug-likeness (QED) is 0.915. The second kappa shape index (κ2) is 6.48. The Labute approximate surface area is 121 Å². The van der Waals surface area contributed by atoms with Crippen molar-refractivity contribution in [1.82, 2.24) is 4.72 Å². The first kappa shape index (κ1) is 15.8. The van der Waals surface area contributed by atoms with E-state index in [9.17, 15) is 22.0 Å². The highest BCUT2D eigenvalue weighted by Gasteiger charge is 2.24. The Morgan fingerprint density at radius 1 is 1.24 bits per heavy atom. The molecule has 8 heteroatoms.